The molecule has 0 heterocycles. The van der Waals surface area contributed by atoms with E-state index in [0.29, 0.717) is 21.3 Å². The third-order valence-electron chi connectivity index (χ3n) is 2.80. The van der Waals surface area contributed by atoms with E-state index in [2.05, 4.69) is 5.32 Å². The van der Waals surface area contributed by atoms with E-state index in [1.54, 1.807) is 48.5 Å². The summed E-state index contributed by atoms with van der Waals surface area (Å²) in [4.78, 5) is 11.9. The van der Waals surface area contributed by atoms with E-state index in [1.165, 1.54) is 0 Å². The lowest BCUT2D eigenvalue weighted by Crippen LogP contribution is -2.24. The summed E-state index contributed by atoms with van der Waals surface area (Å²) in [5, 5.41) is 3.37. The van der Waals surface area contributed by atoms with Crippen molar-refractivity contribution in [1.29, 1.82) is 0 Å². The minimum atomic E-state index is -3.58. The van der Waals surface area contributed by atoms with Gasteiger partial charge in [0.15, 0.2) is 9.84 Å². The van der Waals surface area contributed by atoms with Crippen LogP contribution in [-0.4, -0.2) is 20.1 Å². The molecule has 2 aromatic carbocycles. The molecule has 1 N–H and O–H groups in total. The summed E-state index contributed by atoms with van der Waals surface area (Å²) in [6.07, 6.45) is 0. The van der Waals surface area contributed by atoms with E-state index >= 15 is 0 Å². The maximum atomic E-state index is 12.0. The van der Waals surface area contributed by atoms with Gasteiger partial charge in [0.05, 0.1) is 16.5 Å². The second-order valence-corrected chi connectivity index (χ2v) is 7.59. The summed E-state index contributed by atoms with van der Waals surface area (Å²) in [5.74, 6) is -1.46. The van der Waals surface area contributed by atoms with Crippen molar-refractivity contribution < 1.29 is 13.2 Å². The van der Waals surface area contributed by atoms with E-state index in [-0.39, 0.29) is 5.75 Å². The van der Waals surface area contributed by atoms with Crippen LogP contribution in [0.5, 0.6) is 0 Å². The first-order chi connectivity index (χ1) is 10.4. The van der Waals surface area contributed by atoms with Gasteiger partial charge in [-0.25, -0.2) is 8.42 Å². The van der Waals surface area contributed by atoms with Gasteiger partial charge in [0, 0.05) is 5.02 Å². The van der Waals surface area contributed by atoms with E-state index in [1.807, 2.05) is 0 Å². The highest BCUT2D eigenvalue weighted by molar-refractivity contribution is 7.91. The first-order valence-corrected chi connectivity index (χ1v) is 8.93. The van der Waals surface area contributed by atoms with E-state index in [0.717, 1.165) is 0 Å². The van der Waals surface area contributed by atoms with Crippen molar-refractivity contribution in [2.24, 2.45) is 0 Å². The van der Waals surface area contributed by atoms with Crippen LogP contribution in [0, 0.1) is 0 Å². The number of rotatable bonds is 5. The lowest BCUT2D eigenvalue weighted by atomic mass is 10.2. The number of carbonyl (C=O) groups excluding carboxylic acids is 1. The highest BCUT2D eigenvalue weighted by Crippen LogP contribution is 2.20. The third-order valence-corrected chi connectivity index (χ3v) is 4.86. The Morgan fingerprint density at radius 2 is 1.64 bits per heavy atom. The Hall–Kier alpha value is -1.56. The first kappa shape index (κ1) is 16.8. The standard InChI is InChI=1S/C15H13Cl2NO3S/c16-12-7-5-11(6-8-12)9-22(20,21)10-15(19)18-14-4-2-1-3-13(14)17/h1-8H,9-10H2,(H,18,19). The second kappa shape index (κ2) is 7.13. The molecule has 0 saturated carbocycles. The molecule has 0 radical (unpaired) electrons. The fourth-order valence-corrected chi connectivity index (χ4v) is 3.42. The predicted molar refractivity (Wildman–Crippen MR) is 89.0 cm³/mol. The van der Waals surface area contributed by atoms with Crippen molar-refractivity contribution in [1.82, 2.24) is 0 Å². The average Bonchev–Trinajstić information content (AvgIpc) is 2.43. The highest BCUT2D eigenvalue weighted by atomic mass is 35.5. The molecule has 4 nitrogen and oxygen atoms in total. The van der Waals surface area contributed by atoms with Crippen LogP contribution < -0.4 is 5.32 Å². The van der Waals surface area contributed by atoms with Gasteiger partial charge in [-0.05, 0) is 29.8 Å². The Morgan fingerprint density at radius 1 is 1.00 bits per heavy atom. The average molecular weight is 358 g/mol. The van der Waals surface area contributed by atoms with E-state index in [9.17, 15) is 13.2 Å². The fraction of sp³-hybridized carbons (Fsp3) is 0.133. The molecule has 7 heteroatoms. The fourth-order valence-electron chi connectivity index (χ4n) is 1.83. The third kappa shape index (κ3) is 5.02. The van der Waals surface area contributed by atoms with Crippen LogP contribution >= 0.6 is 23.2 Å². The molecule has 2 rings (SSSR count). The SMILES string of the molecule is O=C(CS(=O)(=O)Cc1ccc(Cl)cc1)Nc1ccccc1Cl. The molecule has 0 aliphatic carbocycles. The maximum absolute atomic E-state index is 12.0. The van der Waals surface area contributed by atoms with Gasteiger partial charge < -0.3 is 5.32 Å². The van der Waals surface area contributed by atoms with Gasteiger partial charge in [0.25, 0.3) is 0 Å². The van der Waals surface area contributed by atoms with Crippen LogP contribution in [-0.2, 0) is 20.4 Å². The zero-order valence-corrected chi connectivity index (χ0v) is 13.8. The highest BCUT2D eigenvalue weighted by Gasteiger charge is 2.18. The molecular formula is C15H13Cl2NO3S. The zero-order valence-electron chi connectivity index (χ0n) is 11.4. The summed E-state index contributed by atoms with van der Waals surface area (Å²) in [6.45, 7) is 0. The number of benzene rings is 2. The second-order valence-electron chi connectivity index (χ2n) is 4.69. The molecule has 0 spiro atoms. The van der Waals surface area contributed by atoms with Crippen molar-refractivity contribution in [2.45, 2.75) is 5.75 Å². The van der Waals surface area contributed by atoms with E-state index < -0.39 is 21.5 Å². The van der Waals surface area contributed by atoms with Crippen molar-refractivity contribution in [3.8, 4) is 0 Å². The molecule has 22 heavy (non-hydrogen) atoms. The zero-order chi connectivity index (χ0) is 16.2. The Balaban J connectivity index is 2.01. The van der Waals surface area contributed by atoms with Gasteiger partial charge >= 0.3 is 0 Å². The van der Waals surface area contributed by atoms with Gasteiger partial charge in [-0.1, -0.05) is 47.5 Å². The molecule has 0 aliphatic rings. The molecule has 0 bridgehead atoms. The van der Waals surface area contributed by atoms with Crippen LogP contribution in [0.2, 0.25) is 10.0 Å². The smallest absolute Gasteiger partial charge is 0.239 e. The molecule has 0 saturated heterocycles. The molecule has 2 aromatic rings. The number of hydrogen-bond acceptors (Lipinski definition) is 3. The molecule has 0 aromatic heterocycles. The number of hydrogen-bond donors (Lipinski definition) is 1. The Labute approximate surface area is 139 Å². The summed E-state index contributed by atoms with van der Waals surface area (Å²) in [6, 6.07) is 13.1. The van der Waals surface area contributed by atoms with Gasteiger partial charge in [-0.3, -0.25) is 4.79 Å². The molecule has 116 valence electrons. The Kier molecular flexibility index (Phi) is 5.45. The van der Waals surface area contributed by atoms with Crippen LogP contribution in [0.25, 0.3) is 0 Å². The number of nitrogens with one attached hydrogen (secondary N) is 1. The predicted octanol–water partition coefficient (Wildman–Crippen LogP) is 3.55. The minimum Gasteiger partial charge on any atom is -0.324 e. The molecule has 0 aliphatic heterocycles. The van der Waals surface area contributed by atoms with Crippen LogP contribution in [0.4, 0.5) is 5.69 Å². The summed E-state index contributed by atoms with van der Waals surface area (Å²) < 4.78 is 24.1. The number of anilines is 1. The minimum absolute atomic E-state index is 0.222. The number of sulfone groups is 1. The number of para-hydroxylation sites is 1. The number of halogens is 2. The lowest BCUT2D eigenvalue weighted by Gasteiger charge is -2.08. The summed E-state index contributed by atoms with van der Waals surface area (Å²) in [5.41, 5.74) is 0.964. The van der Waals surface area contributed by atoms with Gasteiger partial charge in [0.2, 0.25) is 5.91 Å². The number of amides is 1. The lowest BCUT2D eigenvalue weighted by molar-refractivity contribution is -0.113. The number of carbonyl (C=O) groups is 1. The quantitative estimate of drug-likeness (QED) is 0.889. The Bertz CT molecular complexity index is 774. The van der Waals surface area contributed by atoms with Crippen molar-refractivity contribution in [3.05, 3.63) is 64.1 Å². The van der Waals surface area contributed by atoms with Gasteiger partial charge in [-0.15, -0.1) is 0 Å². The van der Waals surface area contributed by atoms with Crippen molar-refractivity contribution >= 4 is 44.6 Å². The first-order valence-electron chi connectivity index (χ1n) is 6.35. The van der Waals surface area contributed by atoms with Crippen molar-refractivity contribution in [2.75, 3.05) is 11.1 Å². The van der Waals surface area contributed by atoms with Crippen LogP contribution in [0.3, 0.4) is 0 Å². The Morgan fingerprint density at radius 3 is 2.27 bits per heavy atom. The molecular weight excluding hydrogens is 345 g/mol. The molecule has 0 fully saturated rings. The van der Waals surface area contributed by atoms with Crippen LogP contribution in [0.15, 0.2) is 48.5 Å². The monoisotopic (exact) mass is 357 g/mol. The topological polar surface area (TPSA) is 63.2 Å². The van der Waals surface area contributed by atoms with Gasteiger partial charge in [-0.2, -0.15) is 0 Å². The van der Waals surface area contributed by atoms with Crippen LogP contribution in [0.1, 0.15) is 5.56 Å². The van der Waals surface area contributed by atoms with Crippen molar-refractivity contribution in [3.63, 3.8) is 0 Å². The van der Waals surface area contributed by atoms with E-state index in [4.69, 9.17) is 23.2 Å². The largest absolute Gasteiger partial charge is 0.324 e. The molecule has 0 unspecified atom stereocenters. The normalized spacial score (nSPS) is 11.2. The van der Waals surface area contributed by atoms with Gasteiger partial charge in [0.1, 0.15) is 5.75 Å². The molecule has 0 atom stereocenters. The maximum Gasteiger partial charge on any atom is 0.239 e. The summed E-state index contributed by atoms with van der Waals surface area (Å²) in [7, 11) is -3.58. The summed E-state index contributed by atoms with van der Waals surface area (Å²) >= 11 is 11.7. The molecule has 1 amide bonds.